The van der Waals surface area contributed by atoms with Gasteiger partial charge in [-0.15, -0.1) is 0 Å². The maximum absolute atomic E-state index is 13.5. The van der Waals surface area contributed by atoms with E-state index in [-0.39, 0.29) is 10.8 Å². The number of sulfonamides is 1. The molecule has 4 rings (SSSR count). The molecule has 0 saturated carbocycles. The topological polar surface area (TPSA) is 97.0 Å². The zero-order valence-corrected chi connectivity index (χ0v) is 19.9. The minimum absolute atomic E-state index is 0.0574. The Morgan fingerprint density at radius 1 is 1.00 bits per heavy atom. The standard InChI is InChI=1S/C25H27N3O5S/c1-18-7-9-19(10-8-18)25(29)26-20-11-12-22(28-13-15-33-16-14-28)24(17-20)34(30,31)27-21-5-3-4-6-23(21)32-2/h3-12,17,27H,13-16H2,1-2H3,(H,26,29). The van der Waals surface area contributed by atoms with Gasteiger partial charge in [0.1, 0.15) is 10.6 Å². The minimum atomic E-state index is -4.02. The van der Waals surface area contributed by atoms with E-state index in [4.69, 9.17) is 9.47 Å². The van der Waals surface area contributed by atoms with Crippen molar-refractivity contribution in [3.8, 4) is 5.75 Å². The minimum Gasteiger partial charge on any atom is -0.495 e. The highest BCUT2D eigenvalue weighted by molar-refractivity contribution is 7.93. The zero-order valence-electron chi connectivity index (χ0n) is 19.1. The normalized spacial score (nSPS) is 13.9. The van der Waals surface area contributed by atoms with Gasteiger partial charge in [0.05, 0.1) is 31.7 Å². The second-order valence-corrected chi connectivity index (χ2v) is 9.56. The molecule has 1 amide bonds. The number of aryl methyl sites for hydroxylation is 1. The van der Waals surface area contributed by atoms with Gasteiger partial charge in [-0.05, 0) is 49.4 Å². The molecule has 3 aromatic rings. The van der Waals surface area contributed by atoms with Gasteiger partial charge in [-0.3, -0.25) is 9.52 Å². The van der Waals surface area contributed by atoms with Crippen molar-refractivity contribution in [2.75, 3.05) is 48.4 Å². The lowest BCUT2D eigenvalue weighted by Gasteiger charge is -2.30. The van der Waals surface area contributed by atoms with Crippen molar-refractivity contribution in [2.45, 2.75) is 11.8 Å². The van der Waals surface area contributed by atoms with Crippen LogP contribution in [-0.4, -0.2) is 47.7 Å². The largest absolute Gasteiger partial charge is 0.495 e. The van der Waals surface area contributed by atoms with Crippen LogP contribution in [0.15, 0.2) is 71.6 Å². The molecule has 0 aliphatic carbocycles. The summed E-state index contributed by atoms with van der Waals surface area (Å²) in [6.07, 6.45) is 0. The average Bonchev–Trinajstić information content (AvgIpc) is 2.85. The van der Waals surface area contributed by atoms with Crippen LogP contribution in [-0.2, 0) is 14.8 Å². The number of anilines is 3. The highest BCUT2D eigenvalue weighted by Gasteiger charge is 2.25. The maximum Gasteiger partial charge on any atom is 0.264 e. The number of nitrogens with one attached hydrogen (secondary N) is 2. The first-order chi connectivity index (χ1) is 16.4. The van der Waals surface area contributed by atoms with E-state index in [1.807, 2.05) is 24.0 Å². The first kappa shape index (κ1) is 23.6. The molecule has 1 fully saturated rings. The summed E-state index contributed by atoms with van der Waals surface area (Å²) in [4.78, 5) is 14.7. The van der Waals surface area contributed by atoms with Gasteiger partial charge in [-0.1, -0.05) is 29.8 Å². The van der Waals surface area contributed by atoms with E-state index in [0.29, 0.717) is 54.7 Å². The van der Waals surface area contributed by atoms with Gasteiger partial charge in [0, 0.05) is 24.3 Å². The quantitative estimate of drug-likeness (QED) is 0.531. The fraction of sp³-hybridized carbons (Fsp3) is 0.240. The molecule has 2 N–H and O–H groups in total. The summed E-state index contributed by atoms with van der Waals surface area (Å²) >= 11 is 0. The second kappa shape index (κ2) is 10.1. The number of amides is 1. The van der Waals surface area contributed by atoms with Crippen molar-refractivity contribution < 1.29 is 22.7 Å². The zero-order chi connectivity index (χ0) is 24.1. The second-order valence-electron chi connectivity index (χ2n) is 7.91. The van der Waals surface area contributed by atoms with E-state index >= 15 is 0 Å². The summed E-state index contributed by atoms with van der Waals surface area (Å²) in [5, 5.41) is 2.81. The van der Waals surface area contributed by atoms with Crippen molar-refractivity contribution in [1.29, 1.82) is 0 Å². The fourth-order valence-corrected chi connectivity index (χ4v) is 5.03. The molecule has 1 aliphatic heterocycles. The monoisotopic (exact) mass is 481 g/mol. The van der Waals surface area contributed by atoms with Gasteiger partial charge >= 0.3 is 0 Å². The molecule has 0 bridgehead atoms. The number of methoxy groups -OCH3 is 1. The molecule has 3 aromatic carbocycles. The number of ether oxygens (including phenoxy) is 2. The molecule has 8 nitrogen and oxygen atoms in total. The maximum atomic E-state index is 13.5. The van der Waals surface area contributed by atoms with Crippen molar-refractivity contribution in [1.82, 2.24) is 0 Å². The van der Waals surface area contributed by atoms with Crippen molar-refractivity contribution in [3.63, 3.8) is 0 Å². The molecule has 0 radical (unpaired) electrons. The number of morpholine rings is 1. The molecule has 178 valence electrons. The molecule has 9 heteroatoms. The Labute approximate surface area is 199 Å². The molecule has 0 unspecified atom stereocenters. The Bertz CT molecular complexity index is 1270. The number of carbonyl (C=O) groups excluding carboxylic acids is 1. The Hall–Kier alpha value is -3.56. The van der Waals surface area contributed by atoms with Crippen molar-refractivity contribution in [2.24, 2.45) is 0 Å². The number of carbonyl (C=O) groups is 1. The SMILES string of the molecule is COc1ccccc1NS(=O)(=O)c1cc(NC(=O)c2ccc(C)cc2)ccc1N1CCOCC1. The molecule has 1 heterocycles. The molecule has 0 atom stereocenters. The Kier molecular flexibility index (Phi) is 7.04. The van der Waals surface area contributed by atoms with Crippen LogP contribution in [0.1, 0.15) is 15.9 Å². The smallest absolute Gasteiger partial charge is 0.264 e. The lowest BCUT2D eigenvalue weighted by atomic mass is 10.1. The summed E-state index contributed by atoms with van der Waals surface area (Å²) in [5.41, 5.74) is 2.77. The van der Waals surface area contributed by atoms with Gasteiger partial charge in [-0.2, -0.15) is 0 Å². The molecule has 1 saturated heterocycles. The summed E-state index contributed by atoms with van der Waals surface area (Å²) in [6, 6.07) is 18.9. The molecule has 0 spiro atoms. The van der Waals surface area contributed by atoms with Crippen LogP contribution in [0.25, 0.3) is 0 Å². The Morgan fingerprint density at radius 3 is 2.41 bits per heavy atom. The first-order valence-electron chi connectivity index (χ1n) is 10.9. The van der Waals surface area contributed by atoms with E-state index in [1.54, 1.807) is 48.5 Å². The average molecular weight is 482 g/mol. The predicted molar refractivity (Wildman–Crippen MR) is 132 cm³/mol. The Morgan fingerprint density at radius 2 is 1.71 bits per heavy atom. The first-order valence-corrected chi connectivity index (χ1v) is 12.4. The summed E-state index contributed by atoms with van der Waals surface area (Å²) < 4.78 is 40.4. The predicted octanol–water partition coefficient (Wildman–Crippen LogP) is 3.89. The third kappa shape index (κ3) is 5.32. The van der Waals surface area contributed by atoms with Crippen LogP contribution in [0.4, 0.5) is 17.1 Å². The van der Waals surface area contributed by atoms with Crippen LogP contribution in [0.5, 0.6) is 5.75 Å². The molecule has 0 aromatic heterocycles. The third-order valence-corrected chi connectivity index (χ3v) is 6.92. The van der Waals surface area contributed by atoms with Gasteiger partial charge in [0.25, 0.3) is 15.9 Å². The summed E-state index contributed by atoms with van der Waals surface area (Å²) in [7, 11) is -2.54. The van der Waals surface area contributed by atoms with E-state index in [0.717, 1.165) is 5.56 Å². The molecule has 1 aliphatic rings. The number of benzene rings is 3. The number of nitrogens with zero attached hydrogens (tertiary/aromatic N) is 1. The fourth-order valence-electron chi connectivity index (χ4n) is 3.71. The third-order valence-electron chi connectivity index (χ3n) is 5.52. The summed E-state index contributed by atoms with van der Waals surface area (Å²) in [6.45, 7) is 4.08. The Balaban J connectivity index is 1.70. The van der Waals surface area contributed by atoms with Crippen molar-refractivity contribution in [3.05, 3.63) is 77.9 Å². The van der Waals surface area contributed by atoms with E-state index in [2.05, 4.69) is 10.0 Å². The summed E-state index contributed by atoms with van der Waals surface area (Å²) in [5.74, 6) is 0.0861. The number of para-hydroxylation sites is 2. The van der Waals surface area contributed by atoms with Gasteiger partial charge < -0.3 is 19.7 Å². The molecular weight excluding hydrogens is 454 g/mol. The van der Waals surface area contributed by atoms with Gasteiger partial charge in [0.2, 0.25) is 0 Å². The lowest BCUT2D eigenvalue weighted by molar-refractivity contribution is 0.102. The van der Waals surface area contributed by atoms with Crippen LogP contribution in [0, 0.1) is 6.92 Å². The highest BCUT2D eigenvalue weighted by atomic mass is 32.2. The van der Waals surface area contributed by atoms with Crippen molar-refractivity contribution >= 4 is 33.0 Å². The number of hydrogen-bond donors (Lipinski definition) is 2. The number of rotatable bonds is 7. The van der Waals surface area contributed by atoms with Crippen LogP contribution < -0.4 is 19.7 Å². The van der Waals surface area contributed by atoms with Gasteiger partial charge in [0.15, 0.2) is 0 Å². The molecular formula is C25H27N3O5S. The van der Waals surface area contributed by atoms with Crippen LogP contribution in [0.3, 0.4) is 0 Å². The van der Waals surface area contributed by atoms with E-state index < -0.39 is 10.0 Å². The van der Waals surface area contributed by atoms with Crippen LogP contribution in [0.2, 0.25) is 0 Å². The van der Waals surface area contributed by atoms with E-state index in [1.165, 1.54) is 13.2 Å². The van der Waals surface area contributed by atoms with Crippen LogP contribution >= 0.6 is 0 Å². The lowest BCUT2D eigenvalue weighted by Crippen LogP contribution is -2.37. The molecule has 34 heavy (non-hydrogen) atoms. The number of hydrogen-bond acceptors (Lipinski definition) is 6. The van der Waals surface area contributed by atoms with E-state index in [9.17, 15) is 13.2 Å². The van der Waals surface area contributed by atoms with Gasteiger partial charge in [-0.25, -0.2) is 8.42 Å². The highest BCUT2D eigenvalue weighted by Crippen LogP contribution is 2.33.